The molecule has 1 rings (SSSR count). The number of hydrogen-bond donors (Lipinski definition) is 1. The van der Waals surface area contributed by atoms with Crippen LogP contribution in [0.5, 0.6) is 0 Å². The summed E-state index contributed by atoms with van der Waals surface area (Å²) in [7, 11) is -3.39. The van der Waals surface area contributed by atoms with Gasteiger partial charge in [-0.2, -0.15) is 8.42 Å². The SMILES string of the molecule is CC(C)(C)OC(O)N1CC[C@H](COS(C)(=O)=O)C1. The quantitative estimate of drug-likeness (QED) is 0.580. The zero-order valence-corrected chi connectivity index (χ0v) is 12.2. The first-order valence-electron chi connectivity index (χ1n) is 6.01. The summed E-state index contributed by atoms with van der Waals surface area (Å²) in [5.41, 5.74) is -0.416. The highest BCUT2D eigenvalue weighted by atomic mass is 32.2. The predicted molar refractivity (Wildman–Crippen MR) is 67.3 cm³/mol. The lowest BCUT2D eigenvalue weighted by Crippen LogP contribution is -2.40. The van der Waals surface area contributed by atoms with Crippen molar-refractivity contribution in [2.24, 2.45) is 5.92 Å². The number of rotatable bonds is 5. The largest absolute Gasteiger partial charge is 0.356 e. The summed E-state index contributed by atoms with van der Waals surface area (Å²) < 4.78 is 32.0. The summed E-state index contributed by atoms with van der Waals surface area (Å²) in [5.74, 6) is 0.109. The van der Waals surface area contributed by atoms with E-state index >= 15 is 0 Å². The molecule has 1 N–H and O–H groups in total. The van der Waals surface area contributed by atoms with Gasteiger partial charge in [-0.1, -0.05) is 0 Å². The summed E-state index contributed by atoms with van der Waals surface area (Å²) in [6.45, 7) is 7.03. The topological polar surface area (TPSA) is 76.1 Å². The molecule has 0 aromatic heterocycles. The van der Waals surface area contributed by atoms with Gasteiger partial charge in [-0.25, -0.2) is 0 Å². The third-order valence-electron chi connectivity index (χ3n) is 2.61. The van der Waals surface area contributed by atoms with Gasteiger partial charge in [0.1, 0.15) is 0 Å². The van der Waals surface area contributed by atoms with E-state index in [1.807, 2.05) is 20.8 Å². The molecule has 18 heavy (non-hydrogen) atoms. The molecule has 1 fully saturated rings. The molecule has 1 aliphatic heterocycles. The number of aliphatic hydroxyl groups excluding tert-OH is 1. The highest BCUT2D eigenvalue weighted by Gasteiger charge is 2.30. The number of ether oxygens (including phenoxy) is 1. The molecule has 0 aromatic rings. The van der Waals surface area contributed by atoms with E-state index in [-0.39, 0.29) is 12.5 Å². The lowest BCUT2D eigenvalue weighted by Gasteiger charge is -2.29. The van der Waals surface area contributed by atoms with E-state index in [1.54, 1.807) is 4.90 Å². The average molecular weight is 281 g/mol. The highest BCUT2D eigenvalue weighted by Crippen LogP contribution is 2.21. The fourth-order valence-corrected chi connectivity index (χ4v) is 2.25. The smallest absolute Gasteiger partial charge is 0.264 e. The van der Waals surface area contributed by atoms with Crippen molar-refractivity contribution in [1.82, 2.24) is 4.90 Å². The summed E-state index contributed by atoms with van der Waals surface area (Å²) in [6, 6.07) is 0. The standard InChI is InChI=1S/C11H23NO5S/c1-11(2,3)17-10(13)12-6-5-9(7-12)8-16-18(4,14)15/h9-10,13H,5-8H2,1-4H3/t9-,10?/m0/s1. The Bertz CT molecular complexity index is 362. The van der Waals surface area contributed by atoms with Gasteiger partial charge in [0.25, 0.3) is 10.1 Å². The molecule has 0 aromatic carbocycles. The van der Waals surface area contributed by atoms with E-state index in [0.29, 0.717) is 13.1 Å². The number of likely N-dealkylation sites (tertiary alicyclic amines) is 1. The Labute approximate surface area is 109 Å². The molecule has 0 spiro atoms. The van der Waals surface area contributed by atoms with Gasteiger partial charge in [-0.05, 0) is 33.1 Å². The maximum absolute atomic E-state index is 10.9. The van der Waals surface area contributed by atoms with Crippen molar-refractivity contribution in [3.63, 3.8) is 0 Å². The minimum absolute atomic E-state index is 0.109. The molecule has 1 saturated heterocycles. The molecule has 1 aliphatic rings. The van der Waals surface area contributed by atoms with Crippen molar-refractivity contribution in [3.05, 3.63) is 0 Å². The predicted octanol–water partition coefficient (Wildman–Crippen LogP) is 0.376. The first kappa shape index (κ1) is 15.8. The van der Waals surface area contributed by atoms with E-state index in [2.05, 4.69) is 0 Å². The molecule has 0 radical (unpaired) electrons. The van der Waals surface area contributed by atoms with Crippen LogP contribution in [0.4, 0.5) is 0 Å². The van der Waals surface area contributed by atoms with Gasteiger partial charge < -0.3 is 9.84 Å². The van der Waals surface area contributed by atoms with Crippen LogP contribution in [0.3, 0.4) is 0 Å². The van der Waals surface area contributed by atoms with Gasteiger partial charge in [-0.3, -0.25) is 9.08 Å². The van der Waals surface area contributed by atoms with Crippen LogP contribution in [0.1, 0.15) is 27.2 Å². The Balaban J connectivity index is 2.37. The van der Waals surface area contributed by atoms with Crippen LogP contribution in [-0.2, 0) is 19.0 Å². The van der Waals surface area contributed by atoms with E-state index in [9.17, 15) is 13.5 Å². The molecule has 1 heterocycles. The van der Waals surface area contributed by atoms with Crippen LogP contribution < -0.4 is 0 Å². The maximum Gasteiger partial charge on any atom is 0.264 e. The molecule has 7 heteroatoms. The molecule has 108 valence electrons. The summed E-state index contributed by atoms with van der Waals surface area (Å²) in [5, 5.41) is 9.88. The molecule has 0 aliphatic carbocycles. The van der Waals surface area contributed by atoms with Crippen molar-refractivity contribution in [1.29, 1.82) is 0 Å². The van der Waals surface area contributed by atoms with Crippen molar-refractivity contribution < 1.29 is 22.4 Å². The van der Waals surface area contributed by atoms with E-state index < -0.39 is 22.1 Å². The average Bonchev–Trinajstić information content (AvgIpc) is 2.58. The molecule has 1 unspecified atom stereocenters. The monoisotopic (exact) mass is 281 g/mol. The summed E-state index contributed by atoms with van der Waals surface area (Å²) in [4.78, 5) is 1.78. The minimum atomic E-state index is -3.39. The fraction of sp³-hybridized carbons (Fsp3) is 1.00. The summed E-state index contributed by atoms with van der Waals surface area (Å²) in [6.07, 6.45) is 0.880. The van der Waals surface area contributed by atoms with E-state index in [0.717, 1.165) is 12.7 Å². The lowest BCUT2D eigenvalue weighted by molar-refractivity contribution is -0.234. The minimum Gasteiger partial charge on any atom is -0.356 e. The molecule has 6 nitrogen and oxygen atoms in total. The normalized spacial score (nSPS) is 24.4. The number of hydrogen-bond acceptors (Lipinski definition) is 6. The molecule has 0 amide bonds. The van der Waals surface area contributed by atoms with Crippen molar-refractivity contribution in [2.75, 3.05) is 26.0 Å². The second-order valence-corrected chi connectivity index (χ2v) is 7.34. The van der Waals surface area contributed by atoms with Gasteiger partial charge >= 0.3 is 0 Å². The fourth-order valence-electron chi connectivity index (χ4n) is 1.81. The van der Waals surface area contributed by atoms with Gasteiger partial charge in [0.05, 0.1) is 18.5 Å². The Morgan fingerprint density at radius 3 is 2.56 bits per heavy atom. The van der Waals surface area contributed by atoms with Crippen molar-refractivity contribution in [3.8, 4) is 0 Å². The second-order valence-electron chi connectivity index (χ2n) is 5.69. The maximum atomic E-state index is 10.9. The first-order valence-corrected chi connectivity index (χ1v) is 7.83. The van der Waals surface area contributed by atoms with Gasteiger partial charge in [-0.15, -0.1) is 0 Å². The molecule has 0 saturated carbocycles. The molecular formula is C11H23NO5S. The molecule has 2 atom stereocenters. The van der Waals surface area contributed by atoms with Crippen LogP contribution in [0.2, 0.25) is 0 Å². The Hall–Kier alpha value is -0.210. The molecular weight excluding hydrogens is 258 g/mol. The van der Waals surface area contributed by atoms with Gasteiger partial charge in [0.2, 0.25) is 6.41 Å². The van der Waals surface area contributed by atoms with Crippen LogP contribution in [0.15, 0.2) is 0 Å². The first-order chi connectivity index (χ1) is 8.07. The molecule has 0 bridgehead atoms. The highest BCUT2D eigenvalue weighted by molar-refractivity contribution is 7.85. The second kappa shape index (κ2) is 5.83. The van der Waals surface area contributed by atoms with Crippen LogP contribution in [0.25, 0.3) is 0 Å². The van der Waals surface area contributed by atoms with E-state index in [4.69, 9.17) is 8.92 Å². The Morgan fingerprint density at radius 1 is 1.44 bits per heavy atom. The Kier molecular flexibility index (Phi) is 5.13. The Morgan fingerprint density at radius 2 is 2.06 bits per heavy atom. The van der Waals surface area contributed by atoms with Crippen LogP contribution in [0, 0.1) is 5.92 Å². The number of nitrogens with zero attached hydrogens (tertiary/aromatic N) is 1. The van der Waals surface area contributed by atoms with Crippen molar-refractivity contribution in [2.45, 2.75) is 39.2 Å². The third-order valence-corrected chi connectivity index (χ3v) is 3.17. The van der Waals surface area contributed by atoms with E-state index in [1.165, 1.54) is 0 Å². The van der Waals surface area contributed by atoms with Gasteiger partial charge in [0.15, 0.2) is 0 Å². The van der Waals surface area contributed by atoms with Crippen molar-refractivity contribution >= 4 is 10.1 Å². The zero-order valence-electron chi connectivity index (χ0n) is 11.4. The zero-order chi connectivity index (χ0) is 14.0. The third kappa shape index (κ3) is 6.10. The van der Waals surface area contributed by atoms with Crippen LogP contribution >= 0.6 is 0 Å². The van der Waals surface area contributed by atoms with Crippen LogP contribution in [-0.4, -0.2) is 56.4 Å². The number of aliphatic hydroxyl groups is 1. The summed E-state index contributed by atoms with van der Waals surface area (Å²) >= 11 is 0. The van der Waals surface area contributed by atoms with Gasteiger partial charge in [0, 0.05) is 13.1 Å². The lowest BCUT2D eigenvalue weighted by atomic mass is 10.1.